The first-order chi connectivity index (χ1) is 26.6. The Morgan fingerprint density at radius 3 is 1.13 bits per heavy atom. The summed E-state index contributed by atoms with van der Waals surface area (Å²) < 4.78 is 0. The molecule has 0 aromatic carbocycles. The van der Waals surface area contributed by atoms with Gasteiger partial charge in [-0.1, -0.05) is 224 Å². The highest BCUT2D eigenvalue weighted by Gasteiger charge is 2.26. The lowest BCUT2D eigenvalue weighted by molar-refractivity contribution is -0.124. The van der Waals surface area contributed by atoms with Crippen LogP contribution in [0.15, 0.2) is 24.3 Å². The number of unbranched alkanes of at least 4 members (excludes halogenated alkanes) is 32. The van der Waals surface area contributed by atoms with Crippen molar-refractivity contribution >= 4 is 5.91 Å². The van der Waals surface area contributed by atoms with Crippen LogP contribution in [0.5, 0.6) is 0 Å². The minimum absolute atomic E-state index is 0.155. The molecule has 1 amide bonds. The summed E-state index contributed by atoms with van der Waals surface area (Å²) in [5.41, 5.74) is 0. The molecule has 0 rings (SSSR count). The molecule has 3 unspecified atom stereocenters. The third-order valence-electron chi connectivity index (χ3n) is 11.3. The maximum Gasteiger partial charge on any atom is 0.220 e. The first kappa shape index (κ1) is 52.8. The van der Waals surface area contributed by atoms with Gasteiger partial charge in [0.15, 0.2) is 0 Å². The van der Waals surface area contributed by atoms with Gasteiger partial charge in [-0.15, -0.1) is 0 Å². The maximum absolute atomic E-state index is 12.4. The number of carbonyl (C=O) groups excluding carboxylic acids is 1. The summed E-state index contributed by atoms with van der Waals surface area (Å²) in [6.45, 7) is 4.16. The van der Waals surface area contributed by atoms with Crippen LogP contribution in [0.1, 0.15) is 258 Å². The highest BCUT2D eigenvalue weighted by atomic mass is 16.3. The summed E-state index contributed by atoms with van der Waals surface area (Å²) in [5, 5.41) is 33.5. The predicted molar refractivity (Wildman–Crippen MR) is 236 cm³/mol. The largest absolute Gasteiger partial charge is 0.394 e. The molecule has 3 atom stereocenters. The number of aliphatic hydroxyl groups excluding tert-OH is 3. The predicted octanol–water partition coefficient (Wildman–Crippen LogP) is 14.2. The number of rotatable bonds is 44. The van der Waals surface area contributed by atoms with E-state index in [1.807, 2.05) is 0 Å². The quantitative estimate of drug-likeness (QED) is 0.0368. The lowest BCUT2D eigenvalue weighted by atomic mass is 10.0. The topological polar surface area (TPSA) is 89.8 Å². The molecule has 0 aliphatic heterocycles. The van der Waals surface area contributed by atoms with E-state index in [-0.39, 0.29) is 12.5 Å². The zero-order valence-corrected chi connectivity index (χ0v) is 36.4. The SMILES string of the molecule is CCCCCCC/C=C/CC/C=C/CCCC(O)C(O)C(CO)NC(=O)CCCCCCCCCCCCCCCCCCCCCCCCCCCC. The molecular weight excluding hydrogens is 667 g/mol. The number of amides is 1. The van der Waals surface area contributed by atoms with Gasteiger partial charge in [0.05, 0.1) is 18.8 Å². The number of aliphatic hydroxyl groups is 3. The Bertz CT molecular complexity index is 799. The van der Waals surface area contributed by atoms with Crippen molar-refractivity contribution in [3.8, 4) is 0 Å². The number of hydrogen-bond acceptors (Lipinski definition) is 4. The molecule has 320 valence electrons. The fourth-order valence-electron chi connectivity index (χ4n) is 7.53. The fraction of sp³-hybridized carbons (Fsp3) is 0.898. The minimum Gasteiger partial charge on any atom is -0.394 e. The molecule has 0 saturated heterocycles. The second-order valence-electron chi connectivity index (χ2n) is 16.7. The first-order valence-electron chi connectivity index (χ1n) is 24.1. The van der Waals surface area contributed by atoms with Crippen LogP contribution in [0.2, 0.25) is 0 Å². The normalized spacial score (nSPS) is 13.6. The molecule has 0 heterocycles. The zero-order valence-electron chi connectivity index (χ0n) is 36.4. The van der Waals surface area contributed by atoms with Crippen LogP contribution in [0, 0.1) is 0 Å². The molecule has 0 radical (unpaired) electrons. The second-order valence-corrected chi connectivity index (χ2v) is 16.7. The van der Waals surface area contributed by atoms with Gasteiger partial charge in [-0.25, -0.2) is 0 Å². The van der Waals surface area contributed by atoms with E-state index in [0.29, 0.717) is 12.8 Å². The van der Waals surface area contributed by atoms with Crippen molar-refractivity contribution in [3.63, 3.8) is 0 Å². The van der Waals surface area contributed by atoms with E-state index in [1.54, 1.807) is 0 Å². The van der Waals surface area contributed by atoms with Gasteiger partial charge < -0.3 is 20.6 Å². The monoisotopic (exact) mass is 762 g/mol. The Balaban J connectivity index is 3.56. The van der Waals surface area contributed by atoms with Gasteiger partial charge in [0.2, 0.25) is 5.91 Å². The van der Waals surface area contributed by atoms with Gasteiger partial charge in [0.1, 0.15) is 6.10 Å². The van der Waals surface area contributed by atoms with Crippen molar-refractivity contribution in [3.05, 3.63) is 24.3 Å². The van der Waals surface area contributed by atoms with Gasteiger partial charge in [-0.3, -0.25) is 4.79 Å². The van der Waals surface area contributed by atoms with Crippen molar-refractivity contribution in [1.82, 2.24) is 5.32 Å². The molecule has 0 bridgehead atoms. The van der Waals surface area contributed by atoms with Crippen LogP contribution in [0.25, 0.3) is 0 Å². The van der Waals surface area contributed by atoms with Crippen molar-refractivity contribution in [2.24, 2.45) is 0 Å². The van der Waals surface area contributed by atoms with Gasteiger partial charge >= 0.3 is 0 Å². The first-order valence-corrected chi connectivity index (χ1v) is 24.1. The van der Waals surface area contributed by atoms with Crippen molar-refractivity contribution in [2.75, 3.05) is 6.61 Å². The second kappa shape index (κ2) is 44.5. The van der Waals surface area contributed by atoms with E-state index in [4.69, 9.17) is 0 Å². The Hall–Kier alpha value is -1.17. The minimum atomic E-state index is -1.16. The molecule has 0 saturated carbocycles. The van der Waals surface area contributed by atoms with E-state index in [9.17, 15) is 20.1 Å². The molecule has 0 fully saturated rings. The fourth-order valence-corrected chi connectivity index (χ4v) is 7.53. The number of allylic oxidation sites excluding steroid dienone is 4. The molecule has 0 aromatic rings. The average molecular weight is 762 g/mol. The molecule has 0 aliphatic carbocycles. The highest BCUT2D eigenvalue weighted by molar-refractivity contribution is 5.76. The zero-order chi connectivity index (χ0) is 39.4. The molecule has 0 spiro atoms. The smallest absolute Gasteiger partial charge is 0.220 e. The summed E-state index contributed by atoms with van der Waals surface area (Å²) in [6.07, 6.45) is 54.5. The molecular formula is C49H95NO4. The molecule has 0 aromatic heterocycles. The average Bonchev–Trinajstić information content (AvgIpc) is 3.18. The van der Waals surface area contributed by atoms with Crippen LogP contribution in [-0.4, -0.2) is 46.1 Å². The number of hydrogen-bond donors (Lipinski definition) is 4. The van der Waals surface area contributed by atoms with Crippen molar-refractivity contribution in [2.45, 2.75) is 276 Å². The Labute approximate surface area is 337 Å². The van der Waals surface area contributed by atoms with E-state index < -0.39 is 18.2 Å². The highest BCUT2D eigenvalue weighted by Crippen LogP contribution is 2.17. The Morgan fingerprint density at radius 2 is 0.759 bits per heavy atom. The third-order valence-corrected chi connectivity index (χ3v) is 11.3. The standard InChI is InChI=1S/C49H95NO4/c1-3-5-7-9-11-13-15-17-19-20-21-22-23-24-25-26-27-28-29-30-32-34-36-38-40-42-44-48(53)50-46(45-51)49(54)47(52)43-41-39-37-35-33-31-18-16-14-12-10-8-6-4-2/h16,18,35,37,46-47,49,51-52,54H,3-15,17,19-34,36,38-45H2,1-2H3,(H,50,53)/b18-16+,37-35+. The Morgan fingerprint density at radius 1 is 0.444 bits per heavy atom. The van der Waals surface area contributed by atoms with Gasteiger partial charge in [-0.2, -0.15) is 0 Å². The summed E-state index contributed by atoms with van der Waals surface area (Å²) in [4.78, 5) is 12.4. The maximum atomic E-state index is 12.4. The van der Waals surface area contributed by atoms with E-state index in [1.165, 1.54) is 186 Å². The number of carbonyl (C=O) groups is 1. The molecule has 54 heavy (non-hydrogen) atoms. The van der Waals surface area contributed by atoms with Crippen LogP contribution < -0.4 is 5.32 Å². The van der Waals surface area contributed by atoms with Crippen molar-refractivity contribution in [1.29, 1.82) is 0 Å². The molecule has 5 heteroatoms. The summed E-state index contributed by atoms with van der Waals surface area (Å²) in [5.74, 6) is -0.155. The van der Waals surface area contributed by atoms with Gasteiger partial charge in [-0.05, 0) is 51.4 Å². The van der Waals surface area contributed by atoms with Gasteiger partial charge in [0.25, 0.3) is 0 Å². The van der Waals surface area contributed by atoms with Crippen LogP contribution in [-0.2, 0) is 4.79 Å². The van der Waals surface area contributed by atoms with Gasteiger partial charge in [0, 0.05) is 6.42 Å². The van der Waals surface area contributed by atoms with E-state index in [0.717, 1.165) is 44.9 Å². The van der Waals surface area contributed by atoms with Crippen molar-refractivity contribution < 1.29 is 20.1 Å². The van der Waals surface area contributed by atoms with Crippen LogP contribution in [0.3, 0.4) is 0 Å². The third kappa shape index (κ3) is 39.1. The van der Waals surface area contributed by atoms with Crippen LogP contribution >= 0.6 is 0 Å². The lowest BCUT2D eigenvalue weighted by Gasteiger charge is -2.26. The summed E-state index contributed by atoms with van der Waals surface area (Å²) in [6, 6.07) is -0.828. The van der Waals surface area contributed by atoms with E-state index >= 15 is 0 Å². The lowest BCUT2D eigenvalue weighted by Crippen LogP contribution is -2.50. The Kier molecular flexibility index (Phi) is 43.6. The summed E-state index contributed by atoms with van der Waals surface area (Å²) >= 11 is 0. The molecule has 4 N–H and O–H groups in total. The van der Waals surface area contributed by atoms with E-state index in [2.05, 4.69) is 43.5 Å². The summed E-state index contributed by atoms with van der Waals surface area (Å²) in [7, 11) is 0. The molecule has 0 aliphatic rings. The molecule has 5 nitrogen and oxygen atoms in total. The van der Waals surface area contributed by atoms with Crippen LogP contribution in [0.4, 0.5) is 0 Å². The number of nitrogens with one attached hydrogen (secondary N) is 1.